The van der Waals surface area contributed by atoms with Gasteiger partial charge in [0.1, 0.15) is 0 Å². The van der Waals surface area contributed by atoms with Gasteiger partial charge in [-0.05, 0) is 31.9 Å². The Labute approximate surface area is 96.1 Å². The molecule has 0 radical (unpaired) electrons. The summed E-state index contributed by atoms with van der Waals surface area (Å²) >= 11 is 0. The van der Waals surface area contributed by atoms with E-state index < -0.39 is 0 Å². The highest BCUT2D eigenvalue weighted by Gasteiger charge is 2.01. The first-order valence-electron chi connectivity index (χ1n) is 5.78. The molecule has 1 aromatic heterocycles. The molecule has 0 aliphatic heterocycles. The molecule has 0 unspecified atom stereocenters. The van der Waals surface area contributed by atoms with Crippen molar-refractivity contribution in [3.05, 3.63) is 41.7 Å². The van der Waals surface area contributed by atoms with Gasteiger partial charge in [0.25, 0.3) is 0 Å². The molecule has 2 aromatic rings. The van der Waals surface area contributed by atoms with E-state index in [0.717, 1.165) is 17.8 Å². The normalized spacial score (nSPS) is 10.6. The molecule has 0 spiro atoms. The van der Waals surface area contributed by atoms with Crippen molar-refractivity contribution in [2.24, 2.45) is 0 Å². The fourth-order valence-electron chi connectivity index (χ4n) is 1.59. The lowest BCUT2D eigenvalue weighted by molar-refractivity contribution is 0.761. The first-order valence-corrected chi connectivity index (χ1v) is 5.78. The van der Waals surface area contributed by atoms with Gasteiger partial charge in [-0.3, -0.25) is 0 Å². The monoisotopic (exact) mass is 215 g/mol. The number of hydrogen-bond acceptors (Lipinski definition) is 2. The predicted molar refractivity (Wildman–Crippen MR) is 64.7 cm³/mol. The van der Waals surface area contributed by atoms with Crippen LogP contribution in [0.3, 0.4) is 0 Å². The molecule has 3 heteroatoms. The summed E-state index contributed by atoms with van der Waals surface area (Å²) < 4.78 is 1.84. The Kier molecular flexibility index (Phi) is 3.34. The third-order valence-electron chi connectivity index (χ3n) is 2.63. The molecule has 0 bridgehead atoms. The van der Waals surface area contributed by atoms with Crippen LogP contribution in [-0.2, 0) is 6.42 Å². The smallest absolute Gasteiger partial charge is 0.0831 e. The van der Waals surface area contributed by atoms with E-state index in [9.17, 15) is 0 Å². The van der Waals surface area contributed by atoms with Crippen molar-refractivity contribution in [1.29, 1.82) is 0 Å². The minimum absolute atomic E-state index is 1.02. The lowest BCUT2D eigenvalue weighted by Crippen LogP contribution is -1.94. The number of aromatic nitrogens is 3. The summed E-state index contributed by atoms with van der Waals surface area (Å²) in [5.74, 6) is 0. The number of rotatable bonds is 4. The predicted octanol–water partition coefficient (Wildman–Crippen LogP) is 2.92. The second-order valence-corrected chi connectivity index (χ2v) is 4.09. The maximum absolute atomic E-state index is 4.17. The zero-order valence-electron chi connectivity index (χ0n) is 9.85. The molecule has 0 saturated heterocycles. The minimum Gasteiger partial charge on any atom is -0.220 e. The molecule has 0 fully saturated rings. The van der Waals surface area contributed by atoms with E-state index >= 15 is 0 Å². The van der Waals surface area contributed by atoms with Crippen LogP contribution in [0.25, 0.3) is 5.69 Å². The average Bonchev–Trinajstić information content (AvgIpc) is 2.76. The highest BCUT2D eigenvalue weighted by molar-refractivity contribution is 5.33. The van der Waals surface area contributed by atoms with Gasteiger partial charge in [0.2, 0.25) is 0 Å². The largest absolute Gasteiger partial charge is 0.220 e. The van der Waals surface area contributed by atoms with Crippen molar-refractivity contribution in [2.75, 3.05) is 0 Å². The Morgan fingerprint density at radius 2 is 1.94 bits per heavy atom. The molecule has 1 heterocycles. The summed E-state index contributed by atoms with van der Waals surface area (Å²) in [4.78, 5) is 0. The third-order valence-corrected chi connectivity index (χ3v) is 2.63. The summed E-state index contributed by atoms with van der Waals surface area (Å²) in [5.41, 5.74) is 3.40. The van der Waals surface area contributed by atoms with Crippen LogP contribution in [0.4, 0.5) is 0 Å². The first kappa shape index (κ1) is 10.9. The Morgan fingerprint density at radius 3 is 2.62 bits per heavy atom. The van der Waals surface area contributed by atoms with E-state index in [2.05, 4.69) is 48.4 Å². The zero-order chi connectivity index (χ0) is 11.4. The van der Waals surface area contributed by atoms with Crippen LogP contribution in [0, 0.1) is 6.92 Å². The van der Waals surface area contributed by atoms with E-state index in [4.69, 9.17) is 0 Å². The van der Waals surface area contributed by atoms with Crippen LogP contribution in [0.5, 0.6) is 0 Å². The molecule has 0 aliphatic rings. The zero-order valence-corrected chi connectivity index (χ0v) is 9.85. The third kappa shape index (κ3) is 2.48. The van der Waals surface area contributed by atoms with Crippen molar-refractivity contribution >= 4 is 0 Å². The van der Waals surface area contributed by atoms with Crippen molar-refractivity contribution < 1.29 is 0 Å². The van der Waals surface area contributed by atoms with Gasteiger partial charge < -0.3 is 0 Å². The standard InChI is InChI=1S/C13H17N3/c1-3-4-5-12-10-16(15-14-12)13-8-6-11(2)7-9-13/h6-10H,3-5H2,1-2H3. The molecule has 0 N–H and O–H groups in total. The quantitative estimate of drug-likeness (QED) is 0.785. The molecule has 0 atom stereocenters. The molecule has 2 rings (SSSR count). The van der Waals surface area contributed by atoms with Crippen LogP contribution in [0.15, 0.2) is 30.5 Å². The molecule has 1 aromatic carbocycles. The maximum atomic E-state index is 4.17. The second kappa shape index (κ2) is 4.92. The van der Waals surface area contributed by atoms with Crippen LogP contribution in [-0.4, -0.2) is 15.0 Å². The highest BCUT2D eigenvalue weighted by Crippen LogP contribution is 2.09. The van der Waals surface area contributed by atoms with E-state index in [0.29, 0.717) is 0 Å². The van der Waals surface area contributed by atoms with Gasteiger partial charge in [-0.1, -0.05) is 36.3 Å². The lowest BCUT2D eigenvalue weighted by atomic mass is 10.2. The summed E-state index contributed by atoms with van der Waals surface area (Å²) in [7, 11) is 0. The average molecular weight is 215 g/mol. The summed E-state index contributed by atoms with van der Waals surface area (Å²) in [5, 5.41) is 8.30. The number of benzene rings is 1. The number of unbranched alkanes of at least 4 members (excludes halogenated alkanes) is 1. The van der Waals surface area contributed by atoms with Gasteiger partial charge in [0.05, 0.1) is 17.6 Å². The fourth-order valence-corrected chi connectivity index (χ4v) is 1.59. The molecule has 0 aliphatic carbocycles. The number of aryl methyl sites for hydroxylation is 2. The van der Waals surface area contributed by atoms with Gasteiger partial charge in [-0.15, -0.1) is 5.10 Å². The van der Waals surface area contributed by atoms with Crippen LogP contribution in [0.1, 0.15) is 31.0 Å². The fraction of sp³-hybridized carbons (Fsp3) is 0.385. The van der Waals surface area contributed by atoms with Crippen molar-refractivity contribution in [3.63, 3.8) is 0 Å². The van der Waals surface area contributed by atoms with Gasteiger partial charge in [0.15, 0.2) is 0 Å². The summed E-state index contributed by atoms with van der Waals surface area (Å²) in [6.45, 7) is 4.27. The van der Waals surface area contributed by atoms with Crippen molar-refractivity contribution in [2.45, 2.75) is 33.1 Å². The second-order valence-electron chi connectivity index (χ2n) is 4.09. The minimum atomic E-state index is 1.02. The SMILES string of the molecule is CCCCc1cn(-c2ccc(C)cc2)nn1. The van der Waals surface area contributed by atoms with E-state index in [1.54, 1.807) is 0 Å². The van der Waals surface area contributed by atoms with Crippen LogP contribution >= 0.6 is 0 Å². The number of nitrogens with zero attached hydrogens (tertiary/aromatic N) is 3. The molecule has 16 heavy (non-hydrogen) atoms. The summed E-state index contributed by atoms with van der Waals surface area (Å²) in [6, 6.07) is 8.30. The molecule has 84 valence electrons. The Morgan fingerprint density at radius 1 is 1.19 bits per heavy atom. The van der Waals surface area contributed by atoms with E-state index in [-0.39, 0.29) is 0 Å². The maximum Gasteiger partial charge on any atom is 0.0831 e. The topological polar surface area (TPSA) is 30.7 Å². The Hall–Kier alpha value is -1.64. The van der Waals surface area contributed by atoms with Gasteiger partial charge in [-0.2, -0.15) is 0 Å². The lowest BCUT2D eigenvalue weighted by Gasteiger charge is -1.99. The van der Waals surface area contributed by atoms with Crippen LogP contribution in [0.2, 0.25) is 0 Å². The van der Waals surface area contributed by atoms with E-state index in [1.807, 2.05) is 10.9 Å². The van der Waals surface area contributed by atoms with Gasteiger partial charge >= 0.3 is 0 Å². The highest BCUT2D eigenvalue weighted by atomic mass is 15.4. The van der Waals surface area contributed by atoms with Crippen molar-refractivity contribution in [1.82, 2.24) is 15.0 Å². The van der Waals surface area contributed by atoms with Crippen molar-refractivity contribution in [3.8, 4) is 5.69 Å². The van der Waals surface area contributed by atoms with Crippen LogP contribution < -0.4 is 0 Å². The molecule has 3 nitrogen and oxygen atoms in total. The molecular formula is C13H17N3. The summed E-state index contributed by atoms with van der Waals surface area (Å²) in [6.07, 6.45) is 5.40. The van der Waals surface area contributed by atoms with Gasteiger partial charge in [-0.25, -0.2) is 4.68 Å². The Balaban J connectivity index is 2.15. The molecular weight excluding hydrogens is 198 g/mol. The first-order chi connectivity index (χ1) is 7.79. The molecule has 0 amide bonds. The van der Waals surface area contributed by atoms with E-state index in [1.165, 1.54) is 18.4 Å². The molecule has 0 saturated carbocycles. The van der Waals surface area contributed by atoms with Gasteiger partial charge in [0, 0.05) is 0 Å². The number of hydrogen-bond donors (Lipinski definition) is 0. The Bertz CT molecular complexity index is 442.